The number of piperazine rings is 1. The van der Waals surface area contributed by atoms with Gasteiger partial charge in [0.1, 0.15) is 6.10 Å². The van der Waals surface area contributed by atoms with Gasteiger partial charge >= 0.3 is 5.97 Å². The molecule has 0 aromatic carbocycles. The maximum Gasteiger partial charge on any atom is 0.332 e. The Balaban J connectivity index is 1.63. The van der Waals surface area contributed by atoms with Gasteiger partial charge in [-0.2, -0.15) is 0 Å². The van der Waals surface area contributed by atoms with E-state index in [1.54, 1.807) is 0 Å². The molecule has 6 nitrogen and oxygen atoms in total. The standard InChI is InChI=1S/C14H22N2O4/c1-9-7-15-6-2-3-10(15)8-16(9)13(17)11-4-5-12(20-11)14(18)19/h9-12H,2-8H2,1H3,(H,18,19)/t9?,10?,11-,12+/m0/s1. The number of carboxylic acids is 1. The number of rotatable bonds is 2. The molecule has 0 aliphatic carbocycles. The van der Waals surface area contributed by atoms with Gasteiger partial charge in [0.2, 0.25) is 0 Å². The maximum atomic E-state index is 12.6. The van der Waals surface area contributed by atoms with Gasteiger partial charge in [-0.3, -0.25) is 9.69 Å². The molecule has 0 radical (unpaired) electrons. The first-order valence-corrected chi connectivity index (χ1v) is 7.49. The molecule has 1 amide bonds. The monoisotopic (exact) mass is 282 g/mol. The molecule has 1 N–H and O–H groups in total. The highest BCUT2D eigenvalue weighted by molar-refractivity contribution is 5.83. The van der Waals surface area contributed by atoms with E-state index in [0.29, 0.717) is 18.9 Å². The minimum Gasteiger partial charge on any atom is -0.479 e. The summed E-state index contributed by atoms with van der Waals surface area (Å²) in [4.78, 5) is 27.8. The zero-order valence-electron chi connectivity index (χ0n) is 11.8. The first-order chi connectivity index (χ1) is 9.56. The second-order valence-electron chi connectivity index (χ2n) is 6.16. The lowest BCUT2D eigenvalue weighted by Gasteiger charge is -2.43. The van der Waals surface area contributed by atoms with Gasteiger partial charge in [-0.15, -0.1) is 0 Å². The number of nitrogens with zero attached hydrogens (tertiary/aromatic N) is 2. The predicted molar refractivity (Wildman–Crippen MR) is 71.3 cm³/mol. The maximum absolute atomic E-state index is 12.6. The van der Waals surface area contributed by atoms with E-state index in [9.17, 15) is 9.59 Å². The van der Waals surface area contributed by atoms with Crippen molar-refractivity contribution in [3.05, 3.63) is 0 Å². The molecule has 3 aliphatic heterocycles. The van der Waals surface area contributed by atoms with Gasteiger partial charge in [0.15, 0.2) is 6.10 Å². The molecule has 0 spiro atoms. The van der Waals surface area contributed by atoms with Gasteiger partial charge in [0.05, 0.1) is 0 Å². The van der Waals surface area contributed by atoms with Crippen molar-refractivity contribution in [1.82, 2.24) is 9.80 Å². The summed E-state index contributed by atoms with van der Waals surface area (Å²) in [5, 5.41) is 8.94. The van der Waals surface area contributed by atoms with Crippen molar-refractivity contribution in [2.45, 2.75) is 56.9 Å². The first-order valence-electron chi connectivity index (χ1n) is 7.49. The molecule has 3 heterocycles. The SMILES string of the molecule is CC1CN2CCCC2CN1C(=O)[C@@H]1CC[C@H](C(=O)O)O1. The molecule has 4 atom stereocenters. The molecule has 2 unspecified atom stereocenters. The molecule has 3 rings (SSSR count). The summed E-state index contributed by atoms with van der Waals surface area (Å²) in [5.41, 5.74) is 0. The van der Waals surface area contributed by atoms with Gasteiger partial charge in [-0.1, -0.05) is 0 Å². The molecule has 0 bridgehead atoms. The Morgan fingerprint density at radius 3 is 2.60 bits per heavy atom. The number of hydrogen-bond acceptors (Lipinski definition) is 4. The number of aliphatic carboxylic acids is 1. The van der Waals surface area contributed by atoms with Crippen LogP contribution >= 0.6 is 0 Å². The van der Waals surface area contributed by atoms with Gasteiger partial charge in [-0.05, 0) is 39.2 Å². The zero-order valence-corrected chi connectivity index (χ0v) is 11.8. The van der Waals surface area contributed by atoms with Crippen LogP contribution in [-0.2, 0) is 14.3 Å². The zero-order chi connectivity index (χ0) is 14.3. The fraction of sp³-hybridized carbons (Fsp3) is 0.857. The number of ether oxygens (including phenoxy) is 1. The first kappa shape index (κ1) is 13.8. The largest absolute Gasteiger partial charge is 0.479 e. The molecule has 0 aromatic rings. The molecule has 3 fully saturated rings. The minimum absolute atomic E-state index is 0.0206. The minimum atomic E-state index is -0.964. The number of carbonyl (C=O) groups excluding carboxylic acids is 1. The summed E-state index contributed by atoms with van der Waals surface area (Å²) in [7, 11) is 0. The summed E-state index contributed by atoms with van der Waals surface area (Å²) in [5.74, 6) is -0.984. The Kier molecular flexibility index (Phi) is 3.69. The summed E-state index contributed by atoms with van der Waals surface area (Å²) < 4.78 is 5.39. The van der Waals surface area contributed by atoms with Crippen molar-refractivity contribution in [3.63, 3.8) is 0 Å². The molecular formula is C14H22N2O4. The Hall–Kier alpha value is -1.14. The quantitative estimate of drug-likeness (QED) is 0.789. The smallest absolute Gasteiger partial charge is 0.332 e. The van der Waals surface area contributed by atoms with Crippen molar-refractivity contribution < 1.29 is 19.4 Å². The Morgan fingerprint density at radius 1 is 1.15 bits per heavy atom. The number of carboxylic acid groups (broad SMARTS) is 1. The summed E-state index contributed by atoms with van der Waals surface area (Å²) in [6.45, 7) is 4.89. The third-order valence-electron chi connectivity index (χ3n) is 4.79. The van der Waals surface area contributed by atoms with Crippen molar-refractivity contribution in [1.29, 1.82) is 0 Å². The molecule has 20 heavy (non-hydrogen) atoms. The van der Waals surface area contributed by atoms with E-state index < -0.39 is 18.2 Å². The van der Waals surface area contributed by atoms with E-state index in [1.165, 1.54) is 6.42 Å². The third kappa shape index (κ3) is 2.42. The number of amides is 1. The molecule has 3 saturated heterocycles. The van der Waals surface area contributed by atoms with Crippen LogP contribution in [0.15, 0.2) is 0 Å². The van der Waals surface area contributed by atoms with E-state index in [0.717, 1.165) is 26.1 Å². The fourth-order valence-corrected chi connectivity index (χ4v) is 3.68. The second kappa shape index (κ2) is 5.33. The highest BCUT2D eigenvalue weighted by atomic mass is 16.5. The lowest BCUT2D eigenvalue weighted by atomic mass is 10.1. The molecular weight excluding hydrogens is 260 g/mol. The van der Waals surface area contributed by atoms with Crippen molar-refractivity contribution >= 4 is 11.9 Å². The molecule has 0 aromatic heterocycles. The average molecular weight is 282 g/mol. The highest BCUT2D eigenvalue weighted by Crippen LogP contribution is 2.28. The lowest BCUT2D eigenvalue weighted by molar-refractivity contribution is -0.157. The van der Waals surface area contributed by atoms with Crippen LogP contribution < -0.4 is 0 Å². The van der Waals surface area contributed by atoms with Crippen LogP contribution in [-0.4, -0.2) is 70.7 Å². The summed E-state index contributed by atoms with van der Waals surface area (Å²) >= 11 is 0. The van der Waals surface area contributed by atoms with Crippen molar-refractivity contribution in [2.24, 2.45) is 0 Å². The van der Waals surface area contributed by atoms with Crippen LogP contribution in [0.25, 0.3) is 0 Å². The summed E-state index contributed by atoms with van der Waals surface area (Å²) in [6.07, 6.45) is 1.94. The van der Waals surface area contributed by atoms with E-state index in [-0.39, 0.29) is 11.9 Å². The average Bonchev–Trinajstić information content (AvgIpc) is 3.05. The van der Waals surface area contributed by atoms with Gasteiger partial charge < -0.3 is 14.7 Å². The van der Waals surface area contributed by atoms with Crippen LogP contribution in [0.3, 0.4) is 0 Å². The van der Waals surface area contributed by atoms with Crippen molar-refractivity contribution in [3.8, 4) is 0 Å². The van der Waals surface area contributed by atoms with E-state index >= 15 is 0 Å². The predicted octanol–water partition coefficient (Wildman–Crippen LogP) is 0.314. The van der Waals surface area contributed by atoms with Crippen LogP contribution in [0.2, 0.25) is 0 Å². The Labute approximate surface area is 118 Å². The Bertz CT molecular complexity index is 414. The topological polar surface area (TPSA) is 70.1 Å². The van der Waals surface area contributed by atoms with Crippen LogP contribution in [0.4, 0.5) is 0 Å². The van der Waals surface area contributed by atoms with E-state index in [1.807, 2.05) is 4.90 Å². The Morgan fingerprint density at radius 2 is 1.90 bits per heavy atom. The number of hydrogen-bond donors (Lipinski definition) is 1. The number of fused-ring (bicyclic) bond motifs is 1. The van der Waals surface area contributed by atoms with E-state index in [2.05, 4.69) is 11.8 Å². The highest BCUT2D eigenvalue weighted by Gasteiger charge is 2.42. The van der Waals surface area contributed by atoms with E-state index in [4.69, 9.17) is 9.84 Å². The third-order valence-corrected chi connectivity index (χ3v) is 4.79. The molecule has 112 valence electrons. The molecule has 0 saturated carbocycles. The van der Waals surface area contributed by atoms with Crippen LogP contribution in [0, 0.1) is 0 Å². The van der Waals surface area contributed by atoms with Crippen LogP contribution in [0.1, 0.15) is 32.6 Å². The normalized spacial score (nSPS) is 38.0. The lowest BCUT2D eigenvalue weighted by Crippen LogP contribution is -2.58. The van der Waals surface area contributed by atoms with Crippen molar-refractivity contribution in [2.75, 3.05) is 19.6 Å². The number of carbonyl (C=O) groups is 2. The fourth-order valence-electron chi connectivity index (χ4n) is 3.68. The molecule has 6 heteroatoms. The van der Waals surface area contributed by atoms with Gasteiger partial charge in [0, 0.05) is 25.2 Å². The second-order valence-corrected chi connectivity index (χ2v) is 6.16. The summed E-state index contributed by atoms with van der Waals surface area (Å²) in [6, 6.07) is 0.663. The van der Waals surface area contributed by atoms with Gasteiger partial charge in [0.25, 0.3) is 5.91 Å². The molecule has 3 aliphatic rings. The van der Waals surface area contributed by atoms with Crippen LogP contribution in [0.5, 0.6) is 0 Å². The van der Waals surface area contributed by atoms with Gasteiger partial charge in [-0.25, -0.2) is 4.79 Å².